The average Bonchev–Trinajstić information content (AvgIpc) is 2.49. The molecule has 1 rings (SSSR count). The van der Waals surface area contributed by atoms with E-state index < -0.39 is 0 Å². The van der Waals surface area contributed by atoms with Gasteiger partial charge in [0.2, 0.25) is 0 Å². The van der Waals surface area contributed by atoms with Crippen molar-refractivity contribution in [1.82, 2.24) is 5.32 Å². The van der Waals surface area contributed by atoms with Crippen molar-refractivity contribution in [1.29, 1.82) is 0 Å². The van der Waals surface area contributed by atoms with Crippen LogP contribution in [0.25, 0.3) is 0 Å². The number of hydrogen-bond acceptors (Lipinski definition) is 2. The molecule has 2 nitrogen and oxygen atoms in total. The summed E-state index contributed by atoms with van der Waals surface area (Å²) in [5.74, 6) is 0.114. The van der Waals surface area contributed by atoms with Crippen LogP contribution in [0.5, 0.6) is 5.75 Å². The molecule has 0 radical (unpaired) electrons. The van der Waals surface area contributed by atoms with Gasteiger partial charge in [-0.1, -0.05) is 45.6 Å². The molecule has 0 heterocycles. The van der Waals surface area contributed by atoms with Gasteiger partial charge in [0, 0.05) is 6.04 Å². The van der Waals surface area contributed by atoms with E-state index in [9.17, 15) is 4.39 Å². The van der Waals surface area contributed by atoms with E-state index in [4.69, 9.17) is 4.74 Å². The van der Waals surface area contributed by atoms with Crippen molar-refractivity contribution in [3.63, 3.8) is 0 Å². The van der Waals surface area contributed by atoms with Crippen molar-refractivity contribution in [3.05, 3.63) is 29.6 Å². The molecule has 3 heteroatoms. The van der Waals surface area contributed by atoms with E-state index in [1.165, 1.54) is 19.3 Å². The third kappa shape index (κ3) is 6.94. The van der Waals surface area contributed by atoms with Crippen LogP contribution >= 0.6 is 0 Å². The van der Waals surface area contributed by atoms with Gasteiger partial charge in [-0.15, -0.1) is 0 Å². The number of rotatable bonds is 11. The highest BCUT2D eigenvalue weighted by Gasteiger charge is 2.09. The summed E-state index contributed by atoms with van der Waals surface area (Å²) in [6.07, 6.45) is 6.97. The molecule has 0 amide bonds. The summed E-state index contributed by atoms with van der Waals surface area (Å²) in [5, 5.41) is 3.36. The minimum Gasteiger partial charge on any atom is -0.491 e. The van der Waals surface area contributed by atoms with Gasteiger partial charge in [-0.25, -0.2) is 4.39 Å². The van der Waals surface area contributed by atoms with Crippen molar-refractivity contribution in [2.45, 2.75) is 65.3 Å². The van der Waals surface area contributed by atoms with Crippen LogP contribution in [0.1, 0.15) is 70.9 Å². The van der Waals surface area contributed by atoms with Crippen molar-refractivity contribution in [3.8, 4) is 5.75 Å². The predicted octanol–water partition coefficient (Wildman–Crippen LogP) is 5.24. The Bertz CT molecular complexity index is 395. The van der Waals surface area contributed by atoms with Gasteiger partial charge in [0.1, 0.15) is 0 Å². The quantitative estimate of drug-likeness (QED) is 0.564. The summed E-state index contributed by atoms with van der Waals surface area (Å²) in [6, 6.07) is 5.45. The third-order valence-corrected chi connectivity index (χ3v) is 3.66. The largest absolute Gasteiger partial charge is 0.491 e. The van der Waals surface area contributed by atoms with Gasteiger partial charge in [0.25, 0.3) is 0 Å². The lowest BCUT2D eigenvalue weighted by Gasteiger charge is -2.15. The summed E-state index contributed by atoms with van der Waals surface area (Å²) in [6.45, 7) is 7.92. The molecular formula is C18H30FNO. The van der Waals surface area contributed by atoms with Crippen LogP contribution in [0.4, 0.5) is 4.39 Å². The average molecular weight is 295 g/mol. The second-order valence-electron chi connectivity index (χ2n) is 5.63. The van der Waals surface area contributed by atoms with Crippen LogP contribution in [0, 0.1) is 5.82 Å². The standard InChI is InChI=1S/C18H30FNO/c1-4-6-7-8-9-13-21-18-11-10-16(14-17(18)19)15(3)20-12-5-2/h10-11,14-15,20H,4-9,12-13H2,1-3H3. The van der Waals surface area contributed by atoms with Crippen molar-refractivity contribution >= 4 is 0 Å². The molecule has 1 N–H and O–H groups in total. The lowest BCUT2D eigenvalue weighted by molar-refractivity contribution is 0.290. The van der Waals surface area contributed by atoms with E-state index in [0.29, 0.717) is 12.4 Å². The minimum absolute atomic E-state index is 0.169. The number of nitrogens with one attached hydrogen (secondary N) is 1. The maximum Gasteiger partial charge on any atom is 0.165 e. The fourth-order valence-corrected chi connectivity index (χ4v) is 2.27. The Balaban J connectivity index is 2.39. The molecule has 1 aromatic carbocycles. The lowest BCUT2D eigenvalue weighted by Crippen LogP contribution is -2.19. The number of unbranched alkanes of at least 4 members (excludes halogenated alkanes) is 4. The highest BCUT2D eigenvalue weighted by Crippen LogP contribution is 2.22. The molecule has 1 unspecified atom stereocenters. The topological polar surface area (TPSA) is 21.3 Å². The first kappa shape index (κ1) is 18.0. The van der Waals surface area contributed by atoms with E-state index >= 15 is 0 Å². The molecule has 0 spiro atoms. The lowest BCUT2D eigenvalue weighted by atomic mass is 10.1. The van der Waals surface area contributed by atoms with Crippen LogP contribution in [0.15, 0.2) is 18.2 Å². The van der Waals surface area contributed by atoms with Gasteiger partial charge in [-0.05, 0) is 44.0 Å². The predicted molar refractivity (Wildman–Crippen MR) is 87.4 cm³/mol. The molecule has 0 fully saturated rings. The molecule has 0 aromatic heterocycles. The molecule has 0 aliphatic carbocycles. The van der Waals surface area contributed by atoms with Gasteiger partial charge < -0.3 is 10.1 Å². The summed E-state index contributed by atoms with van der Waals surface area (Å²) in [4.78, 5) is 0. The van der Waals surface area contributed by atoms with Crippen LogP contribution in [-0.4, -0.2) is 13.2 Å². The van der Waals surface area contributed by atoms with E-state index in [0.717, 1.165) is 31.4 Å². The van der Waals surface area contributed by atoms with Gasteiger partial charge in [0.15, 0.2) is 11.6 Å². The fourth-order valence-electron chi connectivity index (χ4n) is 2.27. The highest BCUT2D eigenvalue weighted by molar-refractivity contribution is 5.30. The highest BCUT2D eigenvalue weighted by atomic mass is 19.1. The minimum atomic E-state index is -0.258. The van der Waals surface area contributed by atoms with Crippen LogP contribution < -0.4 is 10.1 Å². The monoisotopic (exact) mass is 295 g/mol. The molecule has 21 heavy (non-hydrogen) atoms. The molecule has 0 aliphatic rings. The molecule has 1 aromatic rings. The molecule has 120 valence electrons. The smallest absolute Gasteiger partial charge is 0.165 e. The van der Waals surface area contributed by atoms with Crippen molar-refractivity contribution in [2.75, 3.05) is 13.2 Å². The Labute approximate surface area is 129 Å². The van der Waals surface area contributed by atoms with E-state index in [-0.39, 0.29) is 11.9 Å². The Kier molecular flexibility index (Phi) is 9.07. The maximum atomic E-state index is 14.0. The third-order valence-electron chi connectivity index (χ3n) is 3.66. The zero-order valence-electron chi connectivity index (χ0n) is 13.8. The summed E-state index contributed by atoms with van der Waals surface area (Å²) >= 11 is 0. The van der Waals surface area contributed by atoms with Gasteiger partial charge in [0.05, 0.1) is 6.61 Å². The van der Waals surface area contributed by atoms with Crippen molar-refractivity contribution < 1.29 is 9.13 Å². The zero-order chi connectivity index (χ0) is 15.5. The van der Waals surface area contributed by atoms with Crippen LogP contribution in [0.3, 0.4) is 0 Å². The number of halogens is 1. The maximum absolute atomic E-state index is 14.0. The van der Waals surface area contributed by atoms with E-state index in [1.54, 1.807) is 12.1 Å². The van der Waals surface area contributed by atoms with Gasteiger partial charge in [-0.3, -0.25) is 0 Å². The normalized spacial score (nSPS) is 12.4. The molecule has 0 saturated carbocycles. The summed E-state index contributed by atoms with van der Waals surface area (Å²) in [5.41, 5.74) is 0.969. The molecule has 0 bridgehead atoms. The second-order valence-corrected chi connectivity index (χ2v) is 5.63. The first-order valence-corrected chi connectivity index (χ1v) is 8.34. The second kappa shape index (κ2) is 10.6. The Hall–Kier alpha value is -1.09. The molecule has 1 atom stereocenters. The van der Waals surface area contributed by atoms with E-state index in [1.807, 2.05) is 6.07 Å². The molecule has 0 aliphatic heterocycles. The van der Waals surface area contributed by atoms with Crippen LogP contribution in [0.2, 0.25) is 0 Å². The Morgan fingerprint density at radius 2 is 1.86 bits per heavy atom. The summed E-state index contributed by atoms with van der Waals surface area (Å²) in [7, 11) is 0. The summed E-state index contributed by atoms with van der Waals surface area (Å²) < 4.78 is 19.5. The zero-order valence-corrected chi connectivity index (χ0v) is 13.8. The fraction of sp³-hybridized carbons (Fsp3) is 0.667. The number of hydrogen-bond donors (Lipinski definition) is 1. The number of benzene rings is 1. The van der Waals surface area contributed by atoms with Crippen LogP contribution in [-0.2, 0) is 0 Å². The van der Waals surface area contributed by atoms with Gasteiger partial charge >= 0.3 is 0 Å². The van der Waals surface area contributed by atoms with E-state index in [2.05, 4.69) is 26.1 Å². The van der Waals surface area contributed by atoms with Crippen molar-refractivity contribution in [2.24, 2.45) is 0 Å². The Morgan fingerprint density at radius 1 is 1.10 bits per heavy atom. The SMILES string of the molecule is CCCCCCCOc1ccc(C(C)NCCC)cc1F. The first-order valence-electron chi connectivity index (χ1n) is 8.34. The first-order chi connectivity index (χ1) is 10.2. The van der Waals surface area contributed by atoms with Gasteiger partial charge in [-0.2, -0.15) is 0 Å². The Morgan fingerprint density at radius 3 is 2.52 bits per heavy atom. The molecule has 0 saturated heterocycles. The molecular weight excluding hydrogens is 265 g/mol. The number of ether oxygens (including phenoxy) is 1.